The number of ether oxygens (including phenoxy) is 2. The van der Waals surface area contributed by atoms with E-state index in [1.165, 1.54) is 6.08 Å². The second kappa shape index (κ2) is 7.97. The lowest BCUT2D eigenvalue weighted by Crippen LogP contribution is -2.38. The van der Waals surface area contributed by atoms with Crippen molar-refractivity contribution >= 4 is 23.5 Å². The molecule has 0 unspecified atom stereocenters. The van der Waals surface area contributed by atoms with E-state index in [1.54, 1.807) is 6.08 Å². The molecule has 37 heavy (non-hydrogen) atoms. The van der Waals surface area contributed by atoms with E-state index in [0.717, 1.165) is 24.0 Å². The Morgan fingerprint density at radius 3 is 2.65 bits per heavy atom. The standard InChI is InChI=1S/C30H32O7/c1-12-8-20(23-16(5)29(35)37-27(23)24-17(11-31)10-19(32)22(12)24)36-28(34)15(4)18-7-6-14(3)30-21(33)9-13(2)25(30)26(18)30/h9-10,14,18,20,23-27,31H,4-8,11H2,1-3H3/t14-,18-,20-,23+,24-,25-,26-,27+,30-/m0/s1. The number of fused-ring (bicyclic) bond motifs is 4. The van der Waals surface area contributed by atoms with Crippen LogP contribution in [0.5, 0.6) is 0 Å². The van der Waals surface area contributed by atoms with Gasteiger partial charge >= 0.3 is 11.9 Å². The molecule has 9 atom stereocenters. The van der Waals surface area contributed by atoms with Crippen LogP contribution < -0.4 is 0 Å². The molecule has 1 aliphatic heterocycles. The van der Waals surface area contributed by atoms with Crippen LogP contribution in [0, 0.1) is 40.9 Å². The zero-order valence-corrected chi connectivity index (χ0v) is 21.4. The lowest BCUT2D eigenvalue weighted by Gasteiger charge is -2.33. The molecule has 2 saturated carbocycles. The van der Waals surface area contributed by atoms with Gasteiger partial charge < -0.3 is 14.6 Å². The number of ketones is 2. The van der Waals surface area contributed by atoms with E-state index in [4.69, 9.17) is 9.47 Å². The predicted octanol–water partition coefficient (Wildman–Crippen LogP) is 3.20. The summed E-state index contributed by atoms with van der Waals surface area (Å²) in [6.07, 6.45) is 3.49. The number of hydrogen-bond acceptors (Lipinski definition) is 7. The van der Waals surface area contributed by atoms with E-state index in [1.807, 2.05) is 13.8 Å². The number of allylic oxidation sites excluding steroid dienone is 3. The Hall–Kier alpha value is -3.06. The average Bonchev–Trinajstić information content (AvgIpc) is 3.26. The lowest BCUT2D eigenvalue weighted by molar-refractivity contribution is -0.149. The van der Waals surface area contributed by atoms with Crippen molar-refractivity contribution in [1.29, 1.82) is 0 Å². The maximum Gasteiger partial charge on any atom is 0.334 e. The minimum Gasteiger partial charge on any atom is -0.458 e. The molecule has 1 heterocycles. The molecule has 0 bridgehead atoms. The molecule has 0 aromatic heterocycles. The molecule has 0 amide bonds. The molecule has 6 rings (SSSR count). The van der Waals surface area contributed by atoms with Crippen LogP contribution >= 0.6 is 0 Å². The number of carbonyl (C=O) groups is 4. The lowest BCUT2D eigenvalue weighted by atomic mass is 9.71. The molecular weight excluding hydrogens is 472 g/mol. The Morgan fingerprint density at radius 1 is 1.22 bits per heavy atom. The van der Waals surface area contributed by atoms with Crippen LogP contribution in [0.2, 0.25) is 0 Å². The minimum atomic E-state index is -0.782. The molecule has 1 N–H and O–H groups in total. The largest absolute Gasteiger partial charge is 0.458 e. The van der Waals surface area contributed by atoms with E-state index in [0.29, 0.717) is 16.7 Å². The molecular formula is C30H32O7. The van der Waals surface area contributed by atoms with Crippen molar-refractivity contribution in [2.45, 2.75) is 52.2 Å². The first kappa shape index (κ1) is 24.3. The Bertz CT molecular complexity index is 1290. The van der Waals surface area contributed by atoms with Crippen molar-refractivity contribution in [2.75, 3.05) is 6.61 Å². The Kier molecular flexibility index (Phi) is 5.23. The molecule has 1 spiro atoms. The van der Waals surface area contributed by atoms with Gasteiger partial charge in [0.25, 0.3) is 0 Å². The van der Waals surface area contributed by atoms with Gasteiger partial charge in [0.15, 0.2) is 11.6 Å². The third-order valence-corrected chi connectivity index (χ3v) is 10.2. The summed E-state index contributed by atoms with van der Waals surface area (Å²) in [5, 5.41) is 9.90. The summed E-state index contributed by atoms with van der Waals surface area (Å²) in [6, 6.07) is 0. The molecule has 0 aromatic carbocycles. The van der Waals surface area contributed by atoms with Gasteiger partial charge in [-0.05, 0) is 68.1 Å². The van der Waals surface area contributed by atoms with Crippen molar-refractivity contribution in [1.82, 2.24) is 0 Å². The first-order chi connectivity index (χ1) is 17.5. The number of hydrogen-bond donors (Lipinski definition) is 1. The van der Waals surface area contributed by atoms with Gasteiger partial charge in [0.2, 0.25) is 0 Å². The fourth-order valence-electron chi connectivity index (χ4n) is 8.52. The topological polar surface area (TPSA) is 107 Å². The summed E-state index contributed by atoms with van der Waals surface area (Å²) in [5.74, 6) is -2.04. The van der Waals surface area contributed by atoms with Crippen molar-refractivity contribution in [3.8, 4) is 0 Å². The van der Waals surface area contributed by atoms with Crippen LogP contribution in [0.1, 0.15) is 40.0 Å². The Morgan fingerprint density at radius 2 is 1.95 bits per heavy atom. The quantitative estimate of drug-likeness (QED) is 0.463. The second-order valence-corrected chi connectivity index (χ2v) is 11.8. The van der Waals surface area contributed by atoms with Gasteiger partial charge in [0.05, 0.1) is 12.5 Å². The third kappa shape index (κ3) is 3.03. The maximum atomic E-state index is 13.6. The summed E-state index contributed by atoms with van der Waals surface area (Å²) in [7, 11) is 0. The SMILES string of the molecule is C=C1C(=O)O[C@H]2[C@H]3C(CO)=CC(=O)C3=C(C)C[C@H](OC(=O)C(=C)[C@@H]3CC[C@H](C)[C@]45C(=O)C=C(C)[C@H]4[C@H]35)[C@@H]12. The van der Waals surface area contributed by atoms with E-state index in [9.17, 15) is 24.3 Å². The molecule has 0 aromatic rings. The third-order valence-electron chi connectivity index (χ3n) is 10.2. The van der Waals surface area contributed by atoms with Crippen LogP contribution in [0.3, 0.4) is 0 Å². The van der Waals surface area contributed by atoms with Gasteiger partial charge in [-0.15, -0.1) is 0 Å². The first-order valence-electron chi connectivity index (χ1n) is 13.1. The van der Waals surface area contributed by atoms with Crippen LogP contribution in [0.25, 0.3) is 0 Å². The number of rotatable bonds is 4. The molecule has 1 saturated heterocycles. The fraction of sp³-hybridized carbons (Fsp3) is 0.533. The maximum absolute atomic E-state index is 13.6. The highest BCUT2D eigenvalue weighted by Crippen LogP contribution is 2.76. The van der Waals surface area contributed by atoms with E-state index in [2.05, 4.69) is 20.1 Å². The van der Waals surface area contributed by atoms with Crippen LogP contribution in [0.4, 0.5) is 0 Å². The summed E-state index contributed by atoms with van der Waals surface area (Å²) in [5.41, 5.74) is 2.97. The highest BCUT2D eigenvalue weighted by Gasteiger charge is 2.77. The van der Waals surface area contributed by atoms with Crippen LogP contribution in [-0.4, -0.2) is 47.4 Å². The van der Waals surface area contributed by atoms with E-state index in [-0.39, 0.29) is 53.8 Å². The highest BCUT2D eigenvalue weighted by atomic mass is 16.6. The Balaban J connectivity index is 1.27. The summed E-state index contributed by atoms with van der Waals surface area (Å²) in [4.78, 5) is 51.9. The Labute approximate surface area is 216 Å². The van der Waals surface area contributed by atoms with E-state index >= 15 is 0 Å². The summed E-state index contributed by atoms with van der Waals surface area (Å²) >= 11 is 0. The van der Waals surface area contributed by atoms with Gasteiger partial charge in [0.1, 0.15) is 12.2 Å². The van der Waals surface area contributed by atoms with Gasteiger partial charge in [-0.2, -0.15) is 0 Å². The van der Waals surface area contributed by atoms with Crippen molar-refractivity contribution < 1.29 is 33.8 Å². The van der Waals surface area contributed by atoms with Gasteiger partial charge in [-0.25, -0.2) is 9.59 Å². The van der Waals surface area contributed by atoms with Crippen LogP contribution in [0.15, 0.2) is 58.7 Å². The second-order valence-electron chi connectivity index (χ2n) is 11.8. The number of aliphatic hydroxyl groups is 1. The highest BCUT2D eigenvalue weighted by molar-refractivity contribution is 6.09. The summed E-state index contributed by atoms with van der Waals surface area (Å²) in [6.45, 7) is 13.7. The average molecular weight is 505 g/mol. The number of esters is 2. The molecule has 0 radical (unpaired) electrons. The van der Waals surface area contributed by atoms with E-state index < -0.39 is 41.4 Å². The minimum absolute atomic E-state index is 0.0696. The van der Waals surface area contributed by atoms with Crippen molar-refractivity contribution in [3.05, 3.63) is 58.7 Å². The van der Waals surface area contributed by atoms with Gasteiger partial charge in [0, 0.05) is 34.5 Å². The summed E-state index contributed by atoms with van der Waals surface area (Å²) < 4.78 is 11.7. The monoisotopic (exact) mass is 504 g/mol. The van der Waals surface area contributed by atoms with Gasteiger partial charge in [-0.1, -0.05) is 31.2 Å². The predicted molar refractivity (Wildman–Crippen MR) is 133 cm³/mol. The zero-order chi connectivity index (χ0) is 26.5. The number of aliphatic hydroxyl groups excluding tert-OH is 1. The fourth-order valence-corrected chi connectivity index (χ4v) is 8.52. The zero-order valence-electron chi connectivity index (χ0n) is 21.4. The number of carbonyl (C=O) groups excluding carboxylic acids is 4. The molecule has 7 heteroatoms. The van der Waals surface area contributed by atoms with Crippen LogP contribution in [-0.2, 0) is 28.7 Å². The normalized spacial score (nSPS) is 41.7. The van der Waals surface area contributed by atoms with Gasteiger partial charge in [-0.3, -0.25) is 9.59 Å². The molecule has 6 aliphatic rings. The van der Waals surface area contributed by atoms with Crippen molar-refractivity contribution in [3.63, 3.8) is 0 Å². The smallest absolute Gasteiger partial charge is 0.334 e. The van der Waals surface area contributed by atoms with Crippen molar-refractivity contribution in [2.24, 2.45) is 40.9 Å². The first-order valence-corrected chi connectivity index (χ1v) is 13.1. The molecule has 194 valence electrons. The molecule has 7 nitrogen and oxygen atoms in total. The molecule has 5 aliphatic carbocycles. The molecule has 3 fully saturated rings.